The van der Waals surface area contributed by atoms with Crippen molar-refractivity contribution in [2.75, 3.05) is 6.54 Å². The molecule has 1 unspecified atom stereocenters. The molecular weight excluding hydrogens is 310 g/mol. The molecule has 0 aliphatic heterocycles. The van der Waals surface area contributed by atoms with Gasteiger partial charge in [-0.25, -0.2) is 13.1 Å². The first kappa shape index (κ1) is 17.2. The van der Waals surface area contributed by atoms with Crippen LogP contribution in [-0.2, 0) is 10.0 Å². The Hall–Kier alpha value is -0.803. The molecule has 110 valence electrons. The van der Waals surface area contributed by atoms with E-state index in [2.05, 4.69) is 35.8 Å². The van der Waals surface area contributed by atoms with Gasteiger partial charge in [0.2, 0.25) is 10.0 Å². The van der Waals surface area contributed by atoms with Crippen LogP contribution in [0.3, 0.4) is 0 Å². The minimum absolute atomic E-state index is 0.0727. The maximum atomic E-state index is 12.1. The van der Waals surface area contributed by atoms with Crippen LogP contribution in [0.2, 0.25) is 19.6 Å². The second-order valence-electron chi connectivity index (χ2n) is 5.84. The van der Waals surface area contributed by atoms with Crippen molar-refractivity contribution in [1.29, 1.82) is 0 Å². The van der Waals surface area contributed by atoms with Gasteiger partial charge in [-0.1, -0.05) is 43.8 Å². The summed E-state index contributed by atoms with van der Waals surface area (Å²) in [4.78, 5) is -0.673. The van der Waals surface area contributed by atoms with Gasteiger partial charge in [-0.2, -0.15) is 0 Å². The molecule has 6 heteroatoms. The fourth-order valence-corrected chi connectivity index (χ4v) is 3.36. The topological polar surface area (TPSA) is 46.2 Å². The molecule has 1 aromatic rings. The van der Waals surface area contributed by atoms with E-state index < -0.39 is 23.0 Å². The molecule has 1 rings (SSSR count). The van der Waals surface area contributed by atoms with Crippen LogP contribution in [0, 0.1) is 11.5 Å². The van der Waals surface area contributed by atoms with Crippen LogP contribution in [0.25, 0.3) is 0 Å². The Balaban J connectivity index is 2.78. The quantitative estimate of drug-likeness (QED) is 0.524. The predicted octanol–water partition coefficient (Wildman–Crippen LogP) is 2.84. The molecule has 0 aliphatic rings. The molecule has 0 bridgehead atoms. The first-order valence-corrected chi connectivity index (χ1v) is 11.7. The van der Waals surface area contributed by atoms with E-state index >= 15 is 0 Å². The number of hydrogen-bond donors (Lipinski definition) is 1. The second kappa shape index (κ2) is 6.31. The van der Waals surface area contributed by atoms with E-state index in [1.54, 1.807) is 37.3 Å². The zero-order chi connectivity index (χ0) is 15.4. The summed E-state index contributed by atoms with van der Waals surface area (Å²) in [5.41, 5.74) is 3.16. The molecule has 0 heterocycles. The summed E-state index contributed by atoms with van der Waals surface area (Å²) in [6.45, 7) is 8.13. The highest BCUT2D eigenvalue weighted by Crippen LogP contribution is 2.14. The van der Waals surface area contributed by atoms with Gasteiger partial charge in [-0.05, 0) is 19.1 Å². The van der Waals surface area contributed by atoms with Crippen molar-refractivity contribution in [2.45, 2.75) is 36.3 Å². The van der Waals surface area contributed by atoms with E-state index in [9.17, 15) is 8.42 Å². The van der Waals surface area contributed by atoms with Gasteiger partial charge in [0, 0.05) is 6.54 Å². The van der Waals surface area contributed by atoms with E-state index in [4.69, 9.17) is 11.6 Å². The molecule has 1 atom stereocenters. The van der Waals surface area contributed by atoms with Gasteiger partial charge in [0.05, 0.1) is 4.90 Å². The van der Waals surface area contributed by atoms with Crippen molar-refractivity contribution in [2.24, 2.45) is 0 Å². The first-order chi connectivity index (χ1) is 9.02. The normalized spacial score (nSPS) is 15.1. The number of nitrogens with one attached hydrogen (secondary N) is 1. The molecule has 0 aliphatic carbocycles. The van der Waals surface area contributed by atoms with Gasteiger partial charge in [0.25, 0.3) is 0 Å². The summed E-state index contributed by atoms with van der Waals surface area (Å²) in [5.74, 6) is 2.97. The molecule has 0 saturated heterocycles. The second-order valence-corrected chi connectivity index (χ2v) is 13.2. The van der Waals surface area contributed by atoms with Crippen LogP contribution in [0.1, 0.15) is 6.92 Å². The lowest BCUT2D eigenvalue weighted by atomic mass is 10.2. The fourth-order valence-electron chi connectivity index (χ4n) is 1.28. The number of alkyl halides is 1. The van der Waals surface area contributed by atoms with Crippen molar-refractivity contribution in [3.8, 4) is 11.5 Å². The summed E-state index contributed by atoms with van der Waals surface area (Å²) < 4.78 is 26.6. The fraction of sp³-hybridized carbons (Fsp3) is 0.429. The highest BCUT2D eigenvalue weighted by molar-refractivity contribution is 7.89. The monoisotopic (exact) mass is 329 g/mol. The molecule has 20 heavy (non-hydrogen) atoms. The summed E-state index contributed by atoms with van der Waals surface area (Å²) in [5, 5.41) is 0. The van der Waals surface area contributed by atoms with Crippen molar-refractivity contribution in [3.63, 3.8) is 0 Å². The standard InChI is InChI=1S/C14H20ClNO2SSi/c1-14(15,10-11-20(2,3)4)12-16-19(17,18)13-8-6-5-7-9-13/h5-9,16H,12H2,1-4H3. The van der Waals surface area contributed by atoms with E-state index in [-0.39, 0.29) is 11.4 Å². The Bertz CT molecular complexity index is 610. The van der Waals surface area contributed by atoms with E-state index in [0.29, 0.717) is 0 Å². The number of sulfonamides is 1. The van der Waals surface area contributed by atoms with Gasteiger partial charge < -0.3 is 0 Å². The van der Waals surface area contributed by atoms with Crippen LogP contribution >= 0.6 is 11.6 Å². The lowest BCUT2D eigenvalue weighted by molar-refractivity contribution is 0.576. The maximum Gasteiger partial charge on any atom is 0.240 e. The molecule has 1 aromatic carbocycles. The van der Waals surface area contributed by atoms with Crippen molar-refractivity contribution >= 4 is 29.7 Å². The zero-order valence-corrected chi connectivity index (χ0v) is 14.8. The molecule has 0 radical (unpaired) electrons. The van der Waals surface area contributed by atoms with Gasteiger partial charge in [-0.15, -0.1) is 17.1 Å². The zero-order valence-electron chi connectivity index (χ0n) is 12.2. The molecule has 0 fully saturated rings. The summed E-state index contributed by atoms with van der Waals surface area (Å²) in [6.07, 6.45) is 0. The van der Waals surface area contributed by atoms with Crippen molar-refractivity contribution in [3.05, 3.63) is 30.3 Å². The molecule has 1 N–H and O–H groups in total. The molecule has 0 spiro atoms. The number of rotatable bonds is 4. The Labute approximate surface area is 127 Å². The Morgan fingerprint density at radius 3 is 2.30 bits per heavy atom. The Morgan fingerprint density at radius 1 is 1.25 bits per heavy atom. The smallest absolute Gasteiger partial charge is 0.208 e. The van der Waals surface area contributed by atoms with Crippen molar-refractivity contribution < 1.29 is 8.42 Å². The van der Waals surface area contributed by atoms with Crippen LogP contribution in [0.4, 0.5) is 0 Å². The van der Waals surface area contributed by atoms with Crippen molar-refractivity contribution in [1.82, 2.24) is 4.72 Å². The van der Waals surface area contributed by atoms with E-state index in [0.717, 1.165) is 0 Å². The van der Waals surface area contributed by atoms with Crippen LogP contribution in [0.5, 0.6) is 0 Å². The van der Waals surface area contributed by atoms with Crippen LogP contribution < -0.4 is 4.72 Å². The van der Waals surface area contributed by atoms with Gasteiger partial charge in [0.15, 0.2) is 0 Å². The third kappa shape index (κ3) is 6.10. The lowest BCUT2D eigenvalue weighted by Crippen LogP contribution is -2.36. The largest absolute Gasteiger partial charge is 0.240 e. The molecule has 0 amide bonds. The third-order valence-corrected chi connectivity index (χ3v) is 4.87. The first-order valence-electron chi connectivity index (χ1n) is 6.30. The average Bonchev–Trinajstić information content (AvgIpc) is 2.35. The summed E-state index contributed by atoms with van der Waals surface area (Å²) >= 11 is 6.26. The minimum atomic E-state index is -3.54. The average molecular weight is 330 g/mol. The van der Waals surface area contributed by atoms with Crippen LogP contribution in [0.15, 0.2) is 35.2 Å². The summed E-state index contributed by atoms with van der Waals surface area (Å²) in [7, 11) is -5.07. The Morgan fingerprint density at radius 2 is 1.80 bits per heavy atom. The minimum Gasteiger partial charge on any atom is -0.208 e. The SMILES string of the molecule is CC(Cl)(C#C[Si](C)(C)C)CNS(=O)(=O)c1ccccc1. The summed E-state index contributed by atoms with van der Waals surface area (Å²) in [6, 6.07) is 8.21. The van der Waals surface area contributed by atoms with Gasteiger partial charge in [-0.3, -0.25) is 0 Å². The van der Waals surface area contributed by atoms with Gasteiger partial charge in [0.1, 0.15) is 12.9 Å². The van der Waals surface area contributed by atoms with Crippen LogP contribution in [-0.4, -0.2) is 27.9 Å². The van der Waals surface area contributed by atoms with E-state index in [1.165, 1.54) is 0 Å². The Kier molecular flexibility index (Phi) is 5.44. The molecule has 0 saturated carbocycles. The molecule has 0 aromatic heterocycles. The predicted molar refractivity (Wildman–Crippen MR) is 87.0 cm³/mol. The highest BCUT2D eigenvalue weighted by atomic mass is 35.5. The number of halogens is 1. The van der Waals surface area contributed by atoms with Gasteiger partial charge >= 0.3 is 0 Å². The lowest BCUT2D eigenvalue weighted by Gasteiger charge is -2.17. The maximum absolute atomic E-state index is 12.1. The number of hydrogen-bond acceptors (Lipinski definition) is 2. The molecule has 3 nitrogen and oxygen atoms in total. The molecular formula is C14H20ClNO2SSi. The van der Waals surface area contributed by atoms with E-state index in [1.807, 2.05) is 0 Å². The third-order valence-electron chi connectivity index (χ3n) is 2.35. The number of benzene rings is 1. The highest BCUT2D eigenvalue weighted by Gasteiger charge is 2.23.